The molecule has 26 heavy (non-hydrogen) atoms. The molecule has 5 rings (SSSR count). The molecule has 7 nitrogen and oxygen atoms in total. The number of H-pyrrole nitrogens is 1. The van der Waals surface area contributed by atoms with E-state index in [2.05, 4.69) is 31.7 Å². The molecule has 7 heteroatoms. The number of hydrogen-bond acceptors (Lipinski definition) is 5. The number of aromatic nitrogens is 3. The van der Waals surface area contributed by atoms with Gasteiger partial charge in [0.05, 0.1) is 19.1 Å². The van der Waals surface area contributed by atoms with Crippen LogP contribution in [0.5, 0.6) is 5.88 Å². The number of methoxy groups -OCH3 is 1. The largest absolute Gasteiger partial charge is 0.481 e. The highest BCUT2D eigenvalue weighted by Crippen LogP contribution is 2.30. The maximum absolute atomic E-state index is 13.1. The molecule has 0 spiro atoms. The Morgan fingerprint density at radius 2 is 2.19 bits per heavy atom. The lowest BCUT2D eigenvalue weighted by Crippen LogP contribution is -2.47. The Morgan fingerprint density at radius 1 is 1.31 bits per heavy atom. The van der Waals surface area contributed by atoms with E-state index in [4.69, 9.17) is 4.74 Å². The molecule has 5 heterocycles. The molecule has 0 aliphatic carbocycles. The summed E-state index contributed by atoms with van der Waals surface area (Å²) < 4.78 is 5.17. The van der Waals surface area contributed by atoms with Crippen molar-refractivity contribution < 1.29 is 9.53 Å². The molecular formula is C19H25N5O2. The zero-order valence-corrected chi connectivity index (χ0v) is 15.3. The predicted molar refractivity (Wildman–Crippen MR) is 96.9 cm³/mol. The third-order valence-corrected chi connectivity index (χ3v) is 5.55. The Hall–Kier alpha value is -2.41. The average molecular weight is 355 g/mol. The van der Waals surface area contributed by atoms with Crippen LogP contribution < -0.4 is 4.74 Å². The van der Waals surface area contributed by atoms with E-state index in [0.717, 1.165) is 44.0 Å². The van der Waals surface area contributed by atoms with Crippen LogP contribution in [0.3, 0.4) is 0 Å². The van der Waals surface area contributed by atoms with Crippen molar-refractivity contribution in [3.05, 3.63) is 41.6 Å². The zero-order chi connectivity index (χ0) is 18.1. The number of fused-ring (bicyclic) bond motifs is 4. The number of nitrogens with zero attached hydrogens (tertiary/aromatic N) is 4. The number of carbonyl (C=O) groups excluding carboxylic acids is 1. The minimum absolute atomic E-state index is 0.0817. The van der Waals surface area contributed by atoms with Crippen molar-refractivity contribution in [2.24, 2.45) is 5.92 Å². The van der Waals surface area contributed by atoms with E-state index in [1.54, 1.807) is 31.8 Å². The number of hydrogen-bond donors (Lipinski definition) is 1. The van der Waals surface area contributed by atoms with Gasteiger partial charge in [0.1, 0.15) is 0 Å². The molecule has 0 unspecified atom stereocenters. The van der Waals surface area contributed by atoms with Crippen molar-refractivity contribution in [2.45, 2.75) is 32.4 Å². The van der Waals surface area contributed by atoms with E-state index in [9.17, 15) is 4.79 Å². The average Bonchev–Trinajstić information content (AvgIpc) is 2.88. The number of ether oxygens (including phenoxy) is 1. The van der Waals surface area contributed by atoms with Gasteiger partial charge in [0.25, 0.3) is 5.91 Å². The van der Waals surface area contributed by atoms with Gasteiger partial charge in [0.2, 0.25) is 5.88 Å². The molecule has 1 N–H and O–H groups in total. The van der Waals surface area contributed by atoms with E-state index in [1.165, 1.54) is 6.42 Å². The Bertz CT molecular complexity index is 790. The van der Waals surface area contributed by atoms with Crippen LogP contribution in [0.2, 0.25) is 0 Å². The third-order valence-electron chi connectivity index (χ3n) is 5.55. The lowest BCUT2D eigenvalue weighted by Gasteiger charge is -2.36. The van der Waals surface area contributed by atoms with Crippen molar-refractivity contribution >= 4 is 5.91 Å². The highest BCUT2D eigenvalue weighted by molar-refractivity contribution is 5.94. The molecule has 3 fully saturated rings. The fraction of sp³-hybridized carbons (Fsp3) is 0.526. The van der Waals surface area contributed by atoms with Crippen LogP contribution in [0.25, 0.3) is 0 Å². The van der Waals surface area contributed by atoms with E-state index in [0.29, 0.717) is 17.4 Å². The van der Waals surface area contributed by atoms with Crippen LogP contribution in [0.15, 0.2) is 24.7 Å². The summed E-state index contributed by atoms with van der Waals surface area (Å²) in [6, 6.07) is 3.75. The van der Waals surface area contributed by atoms with Crippen LogP contribution in [-0.4, -0.2) is 63.4 Å². The molecule has 3 saturated heterocycles. The number of amides is 1. The second-order valence-corrected chi connectivity index (χ2v) is 7.31. The van der Waals surface area contributed by atoms with Gasteiger partial charge in [-0.3, -0.25) is 9.69 Å². The number of aromatic amines is 1. The van der Waals surface area contributed by atoms with E-state index in [-0.39, 0.29) is 11.9 Å². The number of piperidine rings is 1. The lowest BCUT2D eigenvalue weighted by molar-refractivity contribution is 0.0584. The minimum Gasteiger partial charge on any atom is -0.481 e. The molecule has 0 saturated carbocycles. The van der Waals surface area contributed by atoms with Crippen molar-refractivity contribution in [3.63, 3.8) is 0 Å². The maximum Gasteiger partial charge on any atom is 0.254 e. The Labute approximate surface area is 153 Å². The highest BCUT2D eigenvalue weighted by atomic mass is 16.5. The van der Waals surface area contributed by atoms with Crippen molar-refractivity contribution in [3.8, 4) is 5.88 Å². The molecule has 2 aromatic heterocycles. The maximum atomic E-state index is 13.1. The smallest absolute Gasteiger partial charge is 0.254 e. The fourth-order valence-corrected chi connectivity index (χ4v) is 4.14. The molecule has 3 aliphatic heterocycles. The van der Waals surface area contributed by atoms with E-state index in [1.807, 2.05) is 0 Å². The van der Waals surface area contributed by atoms with Crippen LogP contribution in [-0.2, 0) is 6.54 Å². The van der Waals surface area contributed by atoms with Crippen LogP contribution in [0.4, 0.5) is 0 Å². The van der Waals surface area contributed by atoms with Gasteiger partial charge in [0.15, 0.2) is 0 Å². The summed E-state index contributed by atoms with van der Waals surface area (Å²) in [6.45, 7) is 5.64. The highest BCUT2D eigenvalue weighted by Gasteiger charge is 2.37. The van der Waals surface area contributed by atoms with Gasteiger partial charge >= 0.3 is 0 Å². The van der Waals surface area contributed by atoms with E-state index < -0.39 is 0 Å². The van der Waals surface area contributed by atoms with E-state index >= 15 is 0 Å². The summed E-state index contributed by atoms with van der Waals surface area (Å²) in [4.78, 5) is 29.3. The SMILES string of the molecule is COc1cc(C(=O)N2C[C@@H]3CC[C@H]2CN(Cc2nc[nH]c2C)C3)ccn1. The second-order valence-electron chi connectivity index (χ2n) is 7.31. The Balaban J connectivity index is 1.51. The van der Waals surface area contributed by atoms with Crippen molar-refractivity contribution in [1.29, 1.82) is 0 Å². The van der Waals surface area contributed by atoms with Gasteiger partial charge < -0.3 is 14.6 Å². The van der Waals surface area contributed by atoms with Crippen molar-refractivity contribution in [1.82, 2.24) is 24.8 Å². The fourth-order valence-electron chi connectivity index (χ4n) is 4.14. The molecule has 2 bridgehead atoms. The topological polar surface area (TPSA) is 74.3 Å². The summed E-state index contributed by atoms with van der Waals surface area (Å²) in [7, 11) is 1.57. The second kappa shape index (κ2) is 7.07. The Kier molecular flexibility index (Phi) is 4.63. The number of aryl methyl sites for hydroxylation is 1. The molecule has 138 valence electrons. The van der Waals surface area contributed by atoms with Crippen LogP contribution in [0.1, 0.15) is 34.6 Å². The number of carbonyl (C=O) groups is 1. The third kappa shape index (κ3) is 3.31. The standard InChI is InChI=1S/C19H25N5O2/c1-13-17(22-12-21-13)11-23-8-14-3-4-16(10-23)24(9-14)19(25)15-5-6-20-18(7-15)26-2/h5-7,12,14,16H,3-4,8-11H2,1-2H3,(H,21,22)/t14-,16+/m1/s1. The number of rotatable bonds is 4. The number of imidazole rings is 1. The predicted octanol–water partition coefficient (Wildman–Crippen LogP) is 1.86. The normalized spacial score (nSPS) is 23.1. The summed E-state index contributed by atoms with van der Waals surface area (Å²) in [5.74, 6) is 1.07. The minimum atomic E-state index is 0.0817. The number of nitrogens with one attached hydrogen (secondary N) is 1. The summed E-state index contributed by atoms with van der Waals surface area (Å²) in [5.41, 5.74) is 2.88. The van der Waals surface area contributed by atoms with Gasteiger partial charge in [-0.2, -0.15) is 0 Å². The molecule has 0 aromatic carbocycles. The van der Waals surface area contributed by atoms with Crippen molar-refractivity contribution in [2.75, 3.05) is 26.7 Å². The van der Waals surface area contributed by atoms with Gasteiger partial charge in [-0.15, -0.1) is 0 Å². The molecule has 0 radical (unpaired) electrons. The lowest BCUT2D eigenvalue weighted by atomic mass is 9.94. The summed E-state index contributed by atoms with van der Waals surface area (Å²) >= 11 is 0. The summed E-state index contributed by atoms with van der Waals surface area (Å²) in [5, 5.41) is 0. The molecule has 2 aromatic rings. The van der Waals surface area contributed by atoms with Gasteiger partial charge in [0, 0.05) is 55.7 Å². The molecule has 2 atom stereocenters. The summed E-state index contributed by atoms with van der Waals surface area (Å²) in [6.07, 6.45) is 5.64. The van der Waals surface area contributed by atoms with Crippen LogP contribution in [0, 0.1) is 12.8 Å². The molecular weight excluding hydrogens is 330 g/mol. The van der Waals surface area contributed by atoms with Gasteiger partial charge in [-0.05, 0) is 31.7 Å². The first-order valence-electron chi connectivity index (χ1n) is 9.16. The van der Waals surface area contributed by atoms with Gasteiger partial charge in [-0.25, -0.2) is 9.97 Å². The first-order chi connectivity index (χ1) is 12.6. The Morgan fingerprint density at radius 3 is 2.96 bits per heavy atom. The molecule has 3 aliphatic rings. The van der Waals surface area contributed by atoms with Crippen LogP contribution >= 0.6 is 0 Å². The number of pyridine rings is 1. The molecule has 1 amide bonds. The van der Waals surface area contributed by atoms with Gasteiger partial charge in [-0.1, -0.05) is 0 Å². The first-order valence-corrected chi connectivity index (χ1v) is 9.16. The zero-order valence-electron chi connectivity index (χ0n) is 15.3. The first kappa shape index (κ1) is 17.0. The monoisotopic (exact) mass is 355 g/mol. The quantitative estimate of drug-likeness (QED) is 0.906.